The molecule has 3 nitrogen and oxygen atoms in total. The molecular formula is C12H12BrClN2O. The predicted octanol–water partition coefficient (Wildman–Crippen LogP) is 3.98. The number of hydrogen-bond donors (Lipinski definition) is 1. The average Bonchev–Trinajstić information content (AvgIpc) is 2.32. The smallest absolute Gasteiger partial charge is 0.244 e. The van der Waals surface area contributed by atoms with E-state index >= 15 is 0 Å². The predicted molar refractivity (Wildman–Crippen MR) is 71.8 cm³/mol. The van der Waals surface area contributed by atoms with E-state index < -0.39 is 5.41 Å². The molecular weight excluding hydrogens is 304 g/mol. The standard InChI is InChI=1S/C12H12BrClN2O/c1-3-12(2,7-15)11(17)16-10-6-8(14)4-5-9(10)13/h4-6H,3H2,1-2H3,(H,16,17). The molecule has 1 amide bonds. The van der Waals surface area contributed by atoms with Crippen LogP contribution in [0.5, 0.6) is 0 Å². The second kappa shape index (κ2) is 5.52. The van der Waals surface area contributed by atoms with E-state index in [4.69, 9.17) is 16.9 Å². The summed E-state index contributed by atoms with van der Waals surface area (Å²) in [4.78, 5) is 12.0. The van der Waals surface area contributed by atoms with E-state index in [9.17, 15) is 4.79 Å². The fourth-order valence-corrected chi connectivity index (χ4v) is 1.66. The van der Waals surface area contributed by atoms with Gasteiger partial charge in [0.1, 0.15) is 5.41 Å². The van der Waals surface area contributed by atoms with Crippen LogP contribution in [0.15, 0.2) is 22.7 Å². The molecule has 0 spiro atoms. The van der Waals surface area contributed by atoms with Crippen molar-refractivity contribution in [1.82, 2.24) is 0 Å². The van der Waals surface area contributed by atoms with E-state index in [1.165, 1.54) is 0 Å². The lowest BCUT2D eigenvalue weighted by molar-refractivity contribution is -0.122. The van der Waals surface area contributed by atoms with Gasteiger partial charge >= 0.3 is 0 Å². The van der Waals surface area contributed by atoms with Crippen molar-refractivity contribution in [1.29, 1.82) is 5.26 Å². The molecule has 0 bridgehead atoms. The molecule has 17 heavy (non-hydrogen) atoms. The average molecular weight is 316 g/mol. The van der Waals surface area contributed by atoms with Crippen molar-refractivity contribution in [2.24, 2.45) is 5.41 Å². The number of anilines is 1. The van der Waals surface area contributed by atoms with E-state index in [-0.39, 0.29) is 5.91 Å². The van der Waals surface area contributed by atoms with E-state index in [0.717, 1.165) is 4.47 Å². The van der Waals surface area contributed by atoms with Gasteiger partial charge in [0.25, 0.3) is 0 Å². The second-order valence-electron chi connectivity index (χ2n) is 3.88. The van der Waals surface area contributed by atoms with E-state index in [1.807, 2.05) is 6.07 Å². The third-order valence-corrected chi connectivity index (χ3v) is 3.56. The fraction of sp³-hybridized carbons (Fsp3) is 0.333. The zero-order valence-electron chi connectivity index (χ0n) is 9.55. The number of carbonyl (C=O) groups excluding carboxylic acids is 1. The minimum atomic E-state index is -1.03. The summed E-state index contributed by atoms with van der Waals surface area (Å²) in [6.45, 7) is 3.41. The highest BCUT2D eigenvalue weighted by Gasteiger charge is 2.31. The molecule has 0 heterocycles. The molecule has 0 aliphatic carbocycles. The molecule has 5 heteroatoms. The lowest BCUT2D eigenvalue weighted by Gasteiger charge is -2.19. The maximum atomic E-state index is 12.0. The largest absolute Gasteiger partial charge is 0.324 e. The van der Waals surface area contributed by atoms with Crippen LogP contribution < -0.4 is 5.32 Å². The molecule has 0 aromatic heterocycles. The number of carbonyl (C=O) groups is 1. The van der Waals surface area contributed by atoms with Gasteiger partial charge < -0.3 is 5.32 Å². The number of nitrogens with one attached hydrogen (secondary N) is 1. The number of benzene rings is 1. The van der Waals surface area contributed by atoms with E-state index in [2.05, 4.69) is 21.2 Å². The van der Waals surface area contributed by atoms with Gasteiger partial charge in [0.05, 0.1) is 11.8 Å². The van der Waals surface area contributed by atoms with Crippen LogP contribution in [0.1, 0.15) is 20.3 Å². The summed E-state index contributed by atoms with van der Waals surface area (Å²) in [5.74, 6) is -0.328. The summed E-state index contributed by atoms with van der Waals surface area (Å²) in [7, 11) is 0. The highest BCUT2D eigenvalue weighted by Crippen LogP contribution is 2.28. The maximum absolute atomic E-state index is 12.0. The molecule has 0 saturated carbocycles. The first-order valence-electron chi connectivity index (χ1n) is 5.10. The van der Waals surface area contributed by atoms with Crippen molar-refractivity contribution in [2.75, 3.05) is 5.32 Å². The quantitative estimate of drug-likeness (QED) is 0.917. The molecule has 1 atom stereocenters. The van der Waals surface area contributed by atoms with Crippen molar-refractivity contribution in [3.8, 4) is 6.07 Å². The molecule has 1 aromatic rings. The van der Waals surface area contributed by atoms with Crippen LogP contribution in [0.3, 0.4) is 0 Å². The molecule has 90 valence electrons. The lowest BCUT2D eigenvalue weighted by atomic mass is 9.88. The molecule has 0 saturated heterocycles. The Hall–Kier alpha value is -1.05. The van der Waals surface area contributed by atoms with E-state index in [1.54, 1.807) is 32.0 Å². The number of nitriles is 1. The minimum absolute atomic E-state index is 0.328. The maximum Gasteiger partial charge on any atom is 0.244 e. The summed E-state index contributed by atoms with van der Waals surface area (Å²) in [6, 6.07) is 7.11. The number of halogens is 2. The van der Waals surface area contributed by atoms with Gasteiger partial charge in [0.15, 0.2) is 0 Å². The number of amides is 1. The second-order valence-corrected chi connectivity index (χ2v) is 5.17. The molecule has 0 fully saturated rings. The topological polar surface area (TPSA) is 52.9 Å². The highest BCUT2D eigenvalue weighted by molar-refractivity contribution is 9.10. The Labute approximate surface area is 114 Å². The zero-order chi connectivity index (χ0) is 13.1. The van der Waals surface area contributed by atoms with Crippen molar-refractivity contribution in [2.45, 2.75) is 20.3 Å². The van der Waals surface area contributed by atoms with Gasteiger partial charge in [0.2, 0.25) is 5.91 Å². The highest BCUT2D eigenvalue weighted by atomic mass is 79.9. The molecule has 0 aliphatic heterocycles. The fourth-order valence-electron chi connectivity index (χ4n) is 1.14. The van der Waals surface area contributed by atoms with Crippen LogP contribution in [-0.2, 0) is 4.79 Å². The van der Waals surface area contributed by atoms with Crippen LogP contribution in [0.2, 0.25) is 5.02 Å². The Balaban J connectivity index is 2.96. The summed E-state index contributed by atoms with van der Waals surface area (Å²) >= 11 is 9.16. The van der Waals surface area contributed by atoms with Crippen LogP contribution >= 0.6 is 27.5 Å². The molecule has 1 aromatic carbocycles. The van der Waals surface area contributed by atoms with Crippen molar-refractivity contribution >= 4 is 39.1 Å². The Bertz CT molecular complexity index is 484. The SMILES string of the molecule is CCC(C)(C#N)C(=O)Nc1cc(Cl)ccc1Br. The summed E-state index contributed by atoms with van der Waals surface area (Å²) in [5, 5.41) is 12.2. The van der Waals surface area contributed by atoms with Gasteiger partial charge in [-0.1, -0.05) is 18.5 Å². The number of nitrogens with zero attached hydrogens (tertiary/aromatic N) is 1. The summed E-state index contributed by atoms with van der Waals surface area (Å²) in [5.41, 5.74) is -0.459. The third kappa shape index (κ3) is 3.21. The third-order valence-electron chi connectivity index (χ3n) is 2.63. The van der Waals surface area contributed by atoms with Crippen LogP contribution in [0, 0.1) is 16.7 Å². The van der Waals surface area contributed by atoms with Gasteiger partial charge in [0, 0.05) is 9.50 Å². The summed E-state index contributed by atoms with van der Waals surface area (Å²) < 4.78 is 0.728. The van der Waals surface area contributed by atoms with Gasteiger partial charge in [-0.05, 0) is 47.5 Å². The molecule has 0 radical (unpaired) electrons. The van der Waals surface area contributed by atoms with Crippen molar-refractivity contribution < 1.29 is 4.79 Å². The molecule has 1 N–H and O–H groups in total. The molecule has 0 aliphatic rings. The Morgan fingerprint density at radius 2 is 2.29 bits per heavy atom. The monoisotopic (exact) mass is 314 g/mol. The first-order chi connectivity index (χ1) is 7.92. The first-order valence-corrected chi connectivity index (χ1v) is 6.28. The van der Waals surface area contributed by atoms with E-state index in [0.29, 0.717) is 17.1 Å². The Morgan fingerprint density at radius 1 is 1.65 bits per heavy atom. The molecule has 1 unspecified atom stereocenters. The van der Waals surface area contributed by atoms with Crippen LogP contribution in [0.4, 0.5) is 5.69 Å². The Kier molecular flexibility index (Phi) is 4.55. The van der Waals surface area contributed by atoms with Crippen LogP contribution in [-0.4, -0.2) is 5.91 Å². The van der Waals surface area contributed by atoms with Gasteiger partial charge in [-0.15, -0.1) is 0 Å². The van der Waals surface area contributed by atoms with Gasteiger partial charge in [-0.25, -0.2) is 0 Å². The van der Waals surface area contributed by atoms with Gasteiger partial charge in [-0.2, -0.15) is 5.26 Å². The van der Waals surface area contributed by atoms with Crippen LogP contribution in [0.25, 0.3) is 0 Å². The normalized spacial score (nSPS) is 13.6. The number of rotatable bonds is 3. The van der Waals surface area contributed by atoms with Crippen molar-refractivity contribution in [3.05, 3.63) is 27.7 Å². The molecule has 1 rings (SSSR count). The minimum Gasteiger partial charge on any atom is -0.324 e. The summed E-state index contributed by atoms with van der Waals surface area (Å²) in [6.07, 6.45) is 0.452. The Morgan fingerprint density at radius 3 is 2.82 bits per heavy atom. The lowest BCUT2D eigenvalue weighted by Crippen LogP contribution is -2.31. The first kappa shape index (κ1) is 14.0. The number of hydrogen-bond acceptors (Lipinski definition) is 2. The van der Waals surface area contributed by atoms with Crippen molar-refractivity contribution in [3.63, 3.8) is 0 Å². The van der Waals surface area contributed by atoms with Gasteiger partial charge in [-0.3, -0.25) is 4.79 Å². The zero-order valence-corrected chi connectivity index (χ0v) is 11.9.